The lowest BCUT2D eigenvalue weighted by Crippen LogP contribution is -2.34. The summed E-state index contributed by atoms with van der Waals surface area (Å²) in [6.45, 7) is 6.66. The highest BCUT2D eigenvalue weighted by Crippen LogP contribution is 2.49. The highest BCUT2D eigenvalue weighted by molar-refractivity contribution is 6.30. The molecule has 1 unspecified atom stereocenters. The van der Waals surface area contributed by atoms with Gasteiger partial charge in [-0.1, -0.05) is 23.7 Å². The second-order valence-corrected chi connectivity index (χ2v) is 11.2. The Morgan fingerprint density at radius 1 is 1.20 bits per heavy atom. The molecule has 2 aliphatic rings. The van der Waals surface area contributed by atoms with E-state index in [0.717, 1.165) is 37.3 Å². The molecule has 1 saturated heterocycles. The number of ether oxygens (including phenoxy) is 3. The highest BCUT2D eigenvalue weighted by atomic mass is 35.5. The normalized spacial score (nSPS) is 19.9. The molecule has 41 heavy (non-hydrogen) atoms. The van der Waals surface area contributed by atoms with E-state index in [2.05, 4.69) is 21.2 Å². The van der Waals surface area contributed by atoms with E-state index < -0.39 is 11.6 Å². The van der Waals surface area contributed by atoms with Crippen molar-refractivity contribution in [2.24, 2.45) is 0 Å². The average molecular weight is 577 g/mol. The van der Waals surface area contributed by atoms with Crippen molar-refractivity contribution in [2.75, 3.05) is 20.2 Å². The zero-order chi connectivity index (χ0) is 28.7. The maximum atomic E-state index is 14.8. The van der Waals surface area contributed by atoms with Gasteiger partial charge in [-0.25, -0.2) is 9.37 Å². The van der Waals surface area contributed by atoms with Gasteiger partial charge < -0.3 is 18.8 Å². The molecule has 9 nitrogen and oxygen atoms in total. The lowest BCUT2D eigenvalue weighted by Gasteiger charge is -2.32. The van der Waals surface area contributed by atoms with Gasteiger partial charge in [0.15, 0.2) is 22.8 Å². The first-order valence-corrected chi connectivity index (χ1v) is 14.0. The van der Waals surface area contributed by atoms with E-state index in [4.69, 9.17) is 30.8 Å². The predicted molar refractivity (Wildman–Crippen MR) is 150 cm³/mol. The number of imidazole rings is 1. The van der Waals surface area contributed by atoms with Crippen molar-refractivity contribution >= 4 is 22.8 Å². The number of aromatic nitrogens is 4. The van der Waals surface area contributed by atoms with E-state index in [1.165, 1.54) is 6.07 Å². The Morgan fingerprint density at radius 2 is 2.00 bits per heavy atom. The Labute approximate surface area is 242 Å². The first-order chi connectivity index (χ1) is 19.8. The van der Waals surface area contributed by atoms with Crippen molar-refractivity contribution < 1.29 is 18.6 Å². The summed E-state index contributed by atoms with van der Waals surface area (Å²) in [6.07, 6.45) is 1.79. The smallest absolute Gasteiger partial charge is 0.278 e. The standard InChI is InChI=1S/C30H30ClFN6O3/c1-18(39-3)16-38-27(34-25-14-21(15-33)35-36-29(25)38)17-37-11-9-19(10-12-37)22-5-4-6-26-28(22)41-30(2,40-26)23-8-7-20(31)13-24(23)32/h4-8,13-14,18-19H,9-12,16-17H2,1-3H3/t18?,30-/m0/s1. The Hall–Kier alpha value is -3.78. The van der Waals surface area contributed by atoms with E-state index >= 15 is 0 Å². The fourth-order valence-electron chi connectivity index (χ4n) is 5.71. The van der Waals surface area contributed by atoms with Crippen LogP contribution < -0.4 is 9.47 Å². The number of likely N-dealkylation sites (tertiary alicyclic amines) is 1. The van der Waals surface area contributed by atoms with Gasteiger partial charge in [-0.2, -0.15) is 5.26 Å². The van der Waals surface area contributed by atoms with Gasteiger partial charge in [0.25, 0.3) is 5.79 Å². The van der Waals surface area contributed by atoms with Gasteiger partial charge in [0.05, 0.1) is 24.8 Å². The van der Waals surface area contributed by atoms with Crippen LogP contribution in [-0.4, -0.2) is 51.0 Å². The van der Waals surface area contributed by atoms with E-state index in [-0.39, 0.29) is 17.7 Å². The summed E-state index contributed by atoms with van der Waals surface area (Å²) in [4.78, 5) is 7.19. The maximum Gasteiger partial charge on any atom is 0.278 e. The van der Waals surface area contributed by atoms with Gasteiger partial charge >= 0.3 is 0 Å². The summed E-state index contributed by atoms with van der Waals surface area (Å²) in [5.74, 6) is 0.665. The number of nitrogens with zero attached hydrogens (tertiary/aromatic N) is 6. The van der Waals surface area contributed by atoms with Crippen LogP contribution in [0.15, 0.2) is 42.5 Å². The highest BCUT2D eigenvalue weighted by Gasteiger charge is 2.43. The number of fused-ring (bicyclic) bond motifs is 2. The van der Waals surface area contributed by atoms with Gasteiger partial charge in [-0.3, -0.25) is 4.90 Å². The zero-order valence-electron chi connectivity index (χ0n) is 23.1. The Kier molecular flexibility index (Phi) is 7.28. The Balaban J connectivity index is 1.18. The third-order valence-electron chi connectivity index (χ3n) is 7.95. The lowest BCUT2D eigenvalue weighted by atomic mass is 9.88. The first kappa shape index (κ1) is 27.4. The van der Waals surface area contributed by atoms with Crippen molar-refractivity contribution in [1.82, 2.24) is 24.6 Å². The van der Waals surface area contributed by atoms with Crippen molar-refractivity contribution in [3.05, 3.63) is 75.9 Å². The van der Waals surface area contributed by atoms with E-state index in [0.29, 0.717) is 46.3 Å². The monoisotopic (exact) mass is 576 g/mol. The summed E-state index contributed by atoms with van der Waals surface area (Å²) in [5.41, 5.74) is 2.92. The number of hydrogen-bond acceptors (Lipinski definition) is 8. The molecule has 4 aromatic rings. The summed E-state index contributed by atoms with van der Waals surface area (Å²) < 4.78 is 34.8. The number of hydrogen-bond donors (Lipinski definition) is 0. The molecule has 0 saturated carbocycles. The molecule has 0 amide bonds. The molecule has 212 valence electrons. The second kappa shape index (κ2) is 10.9. The van der Waals surface area contributed by atoms with Crippen LogP contribution in [0.1, 0.15) is 55.3 Å². The van der Waals surface area contributed by atoms with Crippen LogP contribution in [0.25, 0.3) is 11.2 Å². The van der Waals surface area contributed by atoms with E-state index in [9.17, 15) is 9.65 Å². The topological polar surface area (TPSA) is 98.3 Å². The van der Waals surface area contributed by atoms with Crippen molar-refractivity contribution in [2.45, 2.75) is 57.6 Å². The van der Waals surface area contributed by atoms with Gasteiger partial charge in [0.1, 0.15) is 23.2 Å². The minimum atomic E-state index is -1.28. The van der Waals surface area contributed by atoms with Crippen LogP contribution in [0.3, 0.4) is 0 Å². The molecule has 2 atom stereocenters. The van der Waals surface area contributed by atoms with Gasteiger partial charge in [0.2, 0.25) is 0 Å². The van der Waals surface area contributed by atoms with E-state index in [1.54, 1.807) is 32.2 Å². The number of halogens is 2. The lowest BCUT2D eigenvalue weighted by molar-refractivity contribution is -0.0712. The molecule has 0 radical (unpaired) electrons. The average Bonchev–Trinajstić information content (AvgIpc) is 3.49. The minimum Gasteiger partial charge on any atom is -0.444 e. The molecule has 0 aliphatic carbocycles. The van der Waals surface area contributed by atoms with Crippen LogP contribution in [-0.2, 0) is 23.6 Å². The summed E-state index contributed by atoms with van der Waals surface area (Å²) >= 11 is 5.96. The molecule has 0 bridgehead atoms. The number of piperidine rings is 1. The number of benzene rings is 2. The van der Waals surface area contributed by atoms with Gasteiger partial charge in [0, 0.05) is 30.7 Å². The third-order valence-corrected chi connectivity index (χ3v) is 8.19. The molecular formula is C30H30ClFN6O3. The molecule has 6 rings (SSSR count). The minimum absolute atomic E-state index is 0.0382. The number of rotatable bonds is 7. The summed E-state index contributed by atoms with van der Waals surface area (Å²) in [5, 5.41) is 17.9. The summed E-state index contributed by atoms with van der Waals surface area (Å²) in [7, 11) is 1.68. The van der Waals surface area contributed by atoms with Crippen molar-refractivity contribution in [1.29, 1.82) is 5.26 Å². The number of methoxy groups -OCH3 is 1. The van der Waals surface area contributed by atoms with Crippen LogP contribution in [0.5, 0.6) is 11.5 Å². The Morgan fingerprint density at radius 3 is 2.73 bits per heavy atom. The fourth-order valence-corrected chi connectivity index (χ4v) is 5.87. The van der Waals surface area contributed by atoms with Crippen LogP contribution in [0, 0.1) is 17.1 Å². The summed E-state index contributed by atoms with van der Waals surface area (Å²) in [6, 6.07) is 14.1. The quantitative estimate of drug-likeness (QED) is 0.282. The number of para-hydroxylation sites is 1. The van der Waals surface area contributed by atoms with Crippen molar-refractivity contribution in [3.8, 4) is 17.6 Å². The molecule has 2 aromatic carbocycles. The molecule has 11 heteroatoms. The SMILES string of the molecule is COC(C)Cn1c(CN2CCC(c3cccc4c3O[C@@](C)(c3ccc(Cl)cc3F)O4)CC2)nc2cc(C#N)nnc21. The van der Waals surface area contributed by atoms with Crippen LogP contribution in [0.4, 0.5) is 4.39 Å². The molecule has 2 aromatic heterocycles. The largest absolute Gasteiger partial charge is 0.444 e. The molecule has 4 heterocycles. The van der Waals surface area contributed by atoms with Crippen LogP contribution >= 0.6 is 11.6 Å². The molecular weight excluding hydrogens is 547 g/mol. The predicted octanol–water partition coefficient (Wildman–Crippen LogP) is 5.55. The van der Waals surface area contributed by atoms with Crippen LogP contribution in [0.2, 0.25) is 5.02 Å². The van der Waals surface area contributed by atoms with E-state index in [1.807, 2.05) is 29.7 Å². The molecule has 0 N–H and O–H groups in total. The fraction of sp³-hybridized carbons (Fsp3) is 0.400. The Bertz CT molecular complexity index is 1650. The van der Waals surface area contributed by atoms with Gasteiger partial charge in [-0.05, 0) is 63.0 Å². The number of nitriles is 1. The molecule has 1 fully saturated rings. The van der Waals surface area contributed by atoms with Gasteiger partial charge in [-0.15, -0.1) is 10.2 Å². The second-order valence-electron chi connectivity index (χ2n) is 10.7. The van der Waals surface area contributed by atoms with Crippen molar-refractivity contribution in [3.63, 3.8) is 0 Å². The molecule has 0 spiro atoms. The first-order valence-electron chi connectivity index (χ1n) is 13.6. The zero-order valence-corrected chi connectivity index (χ0v) is 23.9. The maximum absolute atomic E-state index is 14.8. The third kappa shape index (κ3) is 5.21. The molecule has 2 aliphatic heterocycles.